The third-order valence-corrected chi connectivity index (χ3v) is 9.47. The molecule has 43 heavy (non-hydrogen) atoms. The lowest BCUT2D eigenvalue weighted by atomic mass is 10.0. The molecule has 0 N–H and O–H groups in total. The number of nitrogens with zero attached hydrogens (tertiary/aromatic N) is 1. The minimum atomic E-state index is -0.0617. The number of ether oxygens (including phenoxy) is 2. The first kappa shape index (κ1) is 39.9. The topological polar surface area (TPSA) is 55.8 Å². The lowest BCUT2D eigenvalue weighted by Gasteiger charge is -2.09. The molecule has 0 bridgehead atoms. The highest BCUT2D eigenvalue weighted by Crippen LogP contribution is 2.45. The fraction of sp³-hybridized carbons (Fsp3) is 0.947. The minimum Gasteiger partial charge on any atom is -0.469 e. The summed E-state index contributed by atoms with van der Waals surface area (Å²) in [4.78, 5) is 24.9. The lowest BCUT2D eigenvalue weighted by molar-refractivity contribution is -0.144. The van der Waals surface area contributed by atoms with Crippen molar-refractivity contribution in [3.8, 4) is 0 Å². The molecule has 1 fully saturated rings. The molecule has 1 rings (SSSR count). The van der Waals surface area contributed by atoms with Crippen molar-refractivity contribution in [1.82, 2.24) is 4.90 Å². The van der Waals surface area contributed by atoms with Crippen LogP contribution in [0.5, 0.6) is 0 Å². The lowest BCUT2D eigenvalue weighted by Crippen LogP contribution is -2.15. The predicted molar refractivity (Wildman–Crippen MR) is 182 cm³/mol. The molecule has 1 aliphatic carbocycles. The maximum Gasteiger partial charge on any atom is 0.305 e. The Kier molecular flexibility index (Phi) is 27.5. The van der Waals surface area contributed by atoms with E-state index in [2.05, 4.69) is 4.90 Å². The number of carbonyl (C=O) groups is 2. The molecule has 0 heterocycles. The first-order valence-corrected chi connectivity index (χ1v) is 18.9. The summed E-state index contributed by atoms with van der Waals surface area (Å²) in [5.74, 6) is 2.00. The van der Waals surface area contributed by atoms with Gasteiger partial charge in [0.05, 0.1) is 13.7 Å². The highest BCUT2D eigenvalue weighted by atomic mass is 16.5. The molecule has 0 aromatic carbocycles. The van der Waals surface area contributed by atoms with E-state index in [1.807, 2.05) is 14.1 Å². The van der Waals surface area contributed by atoms with E-state index in [0.29, 0.717) is 19.4 Å². The van der Waals surface area contributed by atoms with Crippen molar-refractivity contribution >= 4 is 11.9 Å². The Morgan fingerprint density at radius 3 is 1.30 bits per heavy atom. The summed E-state index contributed by atoms with van der Waals surface area (Å²) in [6.45, 7) is 1.55. The Morgan fingerprint density at radius 2 is 0.884 bits per heavy atom. The Balaban J connectivity index is 1.67. The molecule has 0 saturated heterocycles. The van der Waals surface area contributed by atoms with Gasteiger partial charge in [-0.2, -0.15) is 0 Å². The largest absolute Gasteiger partial charge is 0.469 e. The zero-order chi connectivity index (χ0) is 31.2. The maximum absolute atomic E-state index is 11.7. The van der Waals surface area contributed by atoms with Gasteiger partial charge in [-0.1, -0.05) is 148 Å². The molecule has 2 atom stereocenters. The SMILES string of the molecule is COC(=O)CCCCCCCC1CC1CCCCCCCCCCCCCCCCCCCCOC(=O)CCCN(C)C. The number of hydrogen-bond acceptors (Lipinski definition) is 5. The van der Waals surface area contributed by atoms with Crippen molar-refractivity contribution in [2.45, 2.75) is 186 Å². The van der Waals surface area contributed by atoms with Gasteiger partial charge in [0.2, 0.25) is 0 Å². The van der Waals surface area contributed by atoms with Crippen LogP contribution in [0.15, 0.2) is 0 Å². The summed E-state index contributed by atoms with van der Waals surface area (Å²) >= 11 is 0. The fourth-order valence-electron chi connectivity index (χ4n) is 6.46. The van der Waals surface area contributed by atoms with Gasteiger partial charge in [-0.15, -0.1) is 0 Å². The number of unbranched alkanes of at least 4 members (excludes halogenated alkanes) is 21. The second-order valence-corrected chi connectivity index (χ2v) is 13.9. The fourth-order valence-corrected chi connectivity index (χ4v) is 6.46. The van der Waals surface area contributed by atoms with E-state index in [9.17, 15) is 9.59 Å². The van der Waals surface area contributed by atoms with Crippen LogP contribution in [0.3, 0.4) is 0 Å². The molecule has 5 nitrogen and oxygen atoms in total. The van der Waals surface area contributed by atoms with Gasteiger partial charge in [0, 0.05) is 12.8 Å². The number of methoxy groups -OCH3 is 1. The monoisotopic (exact) mass is 608 g/mol. The van der Waals surface area contributed by atoms with Gasteiger partial charge < -0.3 is 14.4 Å². The predicted octanol–water partition coefficient (Wildman–Crippen LogP) is 10.8. The van der Waals surface area contributed by atoms with Crippen LogP contribution in [0.4, 0.5) is 0 Å². The van der Waals surface area contributed by atoms with Crippen molar-refractivity contribution < 1.29 is 19.1 Å². The van der Waals surface area contributed by atoms with E-state index in [1.165, 1.54) is 161 Å². The Labute approximate surface area is 268 Å². The molecule has 2 unspecified atom stereocenters. The zero-order valence-electron chi connectivity index (χ0n) is 29.2. The quantitative estimate of drug-likeness (QED) is 0.0549. The van der Waals surface area contributed by atoms with E-state index in [-0.39, 0.29) is 11.9 Å². The van der Waals surface area contributed by atoms with Crippen LogP contribution in [-0.2, 0) is 19.1 Å². The van der Waals surface area contributed by atoms with Gasteiger partial charge in [-0.25, -0.2) is 0 Å². The van der Waals surface area contributed by atoms with Crippen molar-refractivity contribution in [3.63, 3.8) is 0 Å². The summed E-state index contributed by atoms with van der Waals surface area (Å²) in [5.41, 5.74) is 0. The first-order valence-electron chi connectivity index (χ1n) is 18.9. The molecular formula is C38H73NO4. The van der Waals surface area contributed by atoms with E-state index in [0.717, 1.165) is 37.6 Å². The van der Waals surface area contributed by atoms with Crippen LogP contribution >= 0.6 is 0 Å². The Hall–Kier alpha value is -1.10. The average molecular weight is 608 g/mol. The van der Waals surface area contributed by atoms with Crippen LogP contribution in [0, 0.1) is 11.8 Å². The van der Waals surface area contributed by atoms with Crippen LogP contribution in [-0.4, -0.2) is 51.2 Å². The smallest absolute Gasteiger partial charge is 0.305 e. The molecule has 0 radical (unpaired) electrons. The summed E-state index contributed by atoms with van der Waals surface area (Å²) in [7, 11) is 5.54. The summed E-state index contributed by atoms with van der Waals surface area (Å²) < 4.78 is 10.0. The van der Waals surface area contributed by atoms with Gasteiger partial charge in [0.25, 0.3) is 0 Å². The highest BCUT2D eigenvalue weighted by Gasteiger charge is 2.34. The van der Waals surface area contributed by atoms with Crippen LogP contribution in [0.2, 0.25) is 0 Å². The van der Waals surface area contributed by atoms with Crippen molar-refractivity contribution in [1.29, 1.82) is 0 Å². The molecule has 0 amide bonds. The molecule has 254 valence electrons. The second kappa shape index (κ2) is 29.6. The number of esters is 2. The molecule has 0 aliphatic heterocycles. The van der Waals surface area contributed by atoms with Crippen LogP contribution in [0.25, 0.3) is 0 Å². The molecule has 5 heteroatoms. The Bertz CT molecular complexity index is 637. The zero-order valence-corrected chi connectivity index (χ0v) is 29.2. The number of carbonyl (C=O) groups excluding carboxylic acids is 2. The number of rotatable bonds is 33. The molecule has 0 spiro atoms. The van der Waals surface area contributed by atoms with Gasteiger partial charge in [0.15, 0.2) is 0 Å². The minimum absolute atomic E-state index is 0.0317. The van der Waals surface area contributed by atoms with Crippen molar-refractivity contribution in [3.05, 3.63) is 0 Å². The molecule has 1 aliphatic rings. The van der Waals surface area contributed by atoms with E-state index in [4.69, 9.17) is 9.47 Å². The second-order valence-electron chi connectivity index (χ2n) is 13.9. The van der Waals surface area contributed by atoms with Gasteiger partial charge >= 0.3 is 11.9 Å². The summed E-state index contributed by atoms with van der Waals surface area (Å²) in [6.07, 6.45) is 37.5. The van der Waals surface area contributed by atoms with Crippen molar-refractivity contribution in [2.75, 3.05) is 34.4 Å². The highest BCUT2D eigenvalue weighted by molar-refractivity contribution is 5.69. The van der Waals surface area contributed by atoms with Crippen molar-refractivity contribution in [2.24, 2.45) is 11.8 Å². The van der Waals surface area contributed by atoms with Gasteiger partial charge in [-0.05, 0) is 58.2 Å². The summed E-state index contributed by atoms with van der Waals surface area (Å²) in [5, 5.41) is 0. The Morgan fingerprint density at radius 1 is 0.512 bits per heavy atom. The molecule has 0 aromatic heterocycles. The van der Waals surface area contributed by atoms with Crippen LogP contribution in [0.1, 0.15) is 186 Å². The molecular weight excluding hydrogens is 534 g/mol. The molecule has 0 aromatic rings. The van der Waals surface area contributed by atoms with E-state index >= 15 is 0 Å². The normalized spacial score (nSPS) is 16.1. The maximum atomic E-state index is 11.7. The third kappa shape index (κ3) is 28.1. The summed E-state index contributed by atoms with van der Waals surface area (Å²) in [6, 6.07) is 0. The van der Waals surface area contributed by atoms with Gasteiger partial charge in [-0.3, -0.25) is 9.59 Å². The van der Waals surface area contributed by atoms with E-state index in [1.54, 1.807) is 0 Å². The standard InChI is InChI=1S/C38H73NO4/c1-39(2)32-27-31-38(41)43-33-26-22-17-15-13-11-9-7-5-4-6-8-10-12-14-16-19-23-28-35-34-36(35)29-24-20-18-21-25-30-37(40)42-3/h35-36H,4-34H2,1-3H3. The molecule has 1 saturated carbocycles. The number of hydrogen-bond donors (Lipinski definition) is 0. The third-order valence-electron chi connectivity index (χ3n) is 9.47. The van der Waals surface area contributed by atoms with Crippen LogP contribution < -0.4 is 0 Å². The van der Waals surface area contributed by atoms with Gasteiger partial charge in [0.1, 0.15) is 0 Å². The first-order chi connectivity index (χ1) is 21.0. The average Bonchev–Trinajstić information content (AvgIpc) is 3.74. The van der Waals surface area contributed by atoms with E-state index < -0.39 is 0 Å².